The van der Waals surface area contributed by atoms with Crippen LogP contribution in [0.3, 0.4) is 0 Å². The fourth-order valence-electron chi connectivity index (χ4n) is 2.77. The summed E-state index contributed by atoms with van der Waals surface area (Å²) >= 11 is 3.33. The van der Waals surface area contributed by atoms with Gasteiger partial charge in [0.05, 0.1) is 11.3 Å². The van der Waals surface area contributed by atoms with E-state index in [1.54, 1.807) is 6.07 Å². The van der Waals surface area contributed by atoms with Crippen molar-refractivity contribution in [2.45, 2.75) is 12.8 Å². The third-order valence-corrected chi connectivity index (χ3v) is 4.65. The Kier molecular flexibility index (Phi) is 5.05. The normalized spacial score (nSPS) is 17.1. The minimum absolute atomic E-state index is 0.350. The van der Waals surface area contributed by atoms with E-state index in [0.717, 1.165) is 25.3 Å². The molecule has 0 atom stereocenters. The Labute approximate surface area is 128 Å². The van der Waals surface area contributed by atoms with Gasteiger partial charge in [-0.15, -0.1) is 0 Å². The van der Waals surface area contributed by atoms with Gasteiger partial charge in [-0.05, 0) is 67.0 Å². The topological polar surface area (TPSA) is 43.8 Å². The summed E-state index contributed by atoms with van der Waals surface area (Å²) < 4.78 is 0.637. The number of rotatable bonds is 4. The Morgan fingerprint density at radius 2 is 2.10 bits per heavy atom. The summed E-state index contributed by atoms with van der Waals surface area (Å²) in [5.41, 5.74) is 1.13. The van der Waals surface area contributed by atoms with Crippen LogP contribution in [-0.2, 0) is 0 Å². The van der Waals surface area contributed by atoms with Gasteiger partial charge >= 0.3 is 5.97 Å². The molecule has 1 fully saturated rings. The van der Waals surface area contributed by atoms with Gasteiger partial charge < -0.3 is 14.9 Å². The zero-order valence-electron chi connectivity index (χ0n) is 12.0. The van der Waals surface area contributed by atoms with Crippen molar-refractivity contribution in [2.75, 3.05) is 38.6 Å². The van der Waals surface area contributed by atoms with Crippen molar-refractivity contribution in [3.05, 3.63) is 28.2 Å². The first-order chi connectivity index (χ1) is 9.49. The van der Waals surface area contributed by atoms with Gasteiger partial charge in [-0.3, -0.25) is 0 Å². The molecule has 0 unspecified atom stereocenters. The first-order valence-electron chi connectivity index (χ1n) is 6.90. The minimum Gasteiger partial charge on any atom is -0.478 e. The highest BCUT2D eigenvalue weighted by molar-refractivity contribution is 9.10. The van der Waals surface area contributed by atoms with Crippen LogP contribution >= 0.6 is 15.9 Å². The fraction of sp³-hybridized carbons (Fsp3) is 0.533. The van der Waals surface area contributed by atoms with Gasteiger partial charge in [0.2, 0.25) is 0 Å². The molecule has 20 heavy (non-hydrogen) atoms. The number of hydrogen-bond donors (Lipinski definition) is 1. The molecule has 1 heterocycles. The second-order valence-electron chi connectivity index (χ2n) is 5.57. The molecule has 5 heteroatoms. The van der Waals surface area contributed by atoms with E-state index in [4.69, 9.17) is 0 Å². The maximum absolute atomic E-state index is 11.4. The lowest BCUT2D eigenvalue weighted by Gasteiger charge is -2.33. The minimum atomic E-state index is -0.886. The predicted octanol–water partition coefficient (Wildman–Crippen LogP) is 2.93. The van der Waals surface area contributed by atoms with Gasteiger partial charge in [0.25, 0.3) is 0 Å². The lowest BCUT2D eigenvalue weighted by atomic mass is 9.96. The second kappa shape index (κ2) is 6.59. The van der Waals surface area contributed by atoms with E-state index in [1.165, 1.54) is 12.8 Å². The molecule has 1 aliphatic heterocycles. The molecule has 1 aliphatic rings. The summed E-state index contributed by atoms with van der Waals surface area (Å²) in [7, 11) is 4.13. The molecule has 4 nitrogen and oxygen atoms in total. The van der Waals surface area contributed by atoms with Gasteiger partial charge in [-0.2, -0.15) is 0 Å². The van der Waals surface area contributed by atoms with Crippen molar-refractivity contribution >= 4 is 27.6 Å². The summed E-state index contributed by atoms with van der Waals surface area (Å²) in [6, 6.07) is 5.54. The van der Waals surface area contributed by atoms with Crippen molar-refractivity contribution in [1.29, 1.82) is 0 Å². The first kappa shape index (κ1) is 15.3. The lowest BCUT2D eigenvalue weighted by Crippen LogP contribution is -2.36. The average molecular weight is 341 g/mol. The smallest absolute Gasteiger partial charge is 0.338 e. The summed E-state index contributed by atoms with van der Waals surface area (Å²) in [5, 5.41) is 9.37. The van der Waals surface area contributed by atoms with Gasteiger partial charge in [-0.25, -0.2) is 4.79 Å². The average Bonchev–Trinajstić information content (AvgIpc) is 2.40. The van der Waals surface area contributed by atoms with Crippen LogP contribution in [0.2, 0.25) is 0 Å². The Morgan fingerprint density at radius 3 is 2.70 bits per heavy atom. The number of nitrogens with zero attached hydrogens (tertiary/aromatic N) is 2. The molecule has 0 spiro atoms. The van der Waals surface area contributed by atoms with Crippen molar-refractivity contribution < 1.29 is 9.90 Å². The molecular weight excluding hydrogens is 320 g/mol. The van der Waals surface area contributed by atoms with Gasteiger partial charge in [0.1, 0.15) is 0 Å². The monoisotopic (exact) mass is 340 g/mol. The van der Waals surface area contributed by atoms with E-state index in [2.05, 4.69) is 32.8 Å². The number of halogens is 1. The Balaban J connectivity index is 2.11. The third-order valence-electron chi connectivity index (χ3n) is 3.99. The third kappa shape index (κ3) is 3.52. The zero-order chi connectivity index (χ0) is 14.7. The predicted molar refractivity (Wildman–Crippen MR) is 84.6 cm³/mol. The molecule has 1 aromatic carbocycles. The standard InChI is InChI=1S/C15H21BrN2O2/c1-17-8-6-11(7-9-17)10-18(2)13-5-3-4-12(16)14(13)15(19)20/h3-5,11H,6-10H2,1-2H3,(H,19,20). The highest BCUT2D eigenvalue weighted by Gasteiger charge is 2.21. The van der Waals surface area contributed by atoms with Crippen molar-refractivity contribution in [1.82, 2.24) is 4.90 Å². The molecule has 110 valence electrons. The molecule has 0 aromatic heterocycles. The van der Waals surface area contributed by atoms with E-state index >= 15 is 0 Å². The number of likely N-dealkylation sites (tertiary alicyclic amines) is 1. The highest BCUT2D eigenvalue weighted by Crippen LogP contribution is 2.29. The fourth-order valence-corrected chi connectivity index (χ4v) is 3.30. The van der Waals surface area contributed by atoms with Gasteiger partial charge in [0, 0.05) is 18.1 Å². The second-order valence-corrected chi connectivity index (χ2v) is 6.42. The molecule has 1 aromatic rings. The van der Waals surface area contributed by atoms with Gasteiger partial charge in [-0.1, -0.05) is 6.07 Å². The van der Waals surface area contributed by atoms with Crippen LogP contribution in [0, 0.1) is 5.92 Å². The molecule has 0 amide bonds. The summed E-state index contributed by atoms with van der Waals surface area (Å²) in [5.74, 6) is -0.250. The van der Waals surface area contributed by atoms with Crippen LogP contribution in [-0.4, -0.2) is 49.7 Å². The number of carbonyl (C=O) groups is 1. The van der Waals surface area contributed by atoms with Crippen LogP contribution < -0.4 is 4.90 Å². The van der Waals surface area contributed by atoms with Gasteiger partial charge in [0.15, 0.2) is 0 Å². The SMILES string of the molecule is CN1CCC(CN(C)c2cccc(Br)c2C(=O)O)CC1. The molecular formula is C15H21BrN2O2. The van der Waals surface area contributed by atoms with Crippen LogP contribution in [0.1, 0.15) is 23.2 Å². The molecule has 1 saturated heterocycles. The molecule has 0 saturated carbocycles. The van der Waals surface area contributed by atoms with E-state index in [1.807, 2.05) is 19.2 Å². The van der Waals surface area contributed by atoms with E-state index in [0.29, 0.717) is 16.0 Å². The maximum atomic E-state index is 11.4. The molecule has 2 rings (SSSR count). The number of aromatic carboxylic acids is 1. The lowest BCUT2D eigenvalue weighted by molar-refractivity contribution is 0.0696. The van der Waals surface area contributed by atoms with Crippen molar-refractivity contribution in [3.63, 3.8) is 0 Å². The number of carboxylic acid groups (broad SMARTS) is 1. The summed E-state index contributed by atoms with van der Waals surface area (Å²) in [4.78, 5) is 15.8. The summed E-state index contributed by atoms with van der Waals surface area (Å²) in [6.07, 6.45) is 2.36. The van der Waals surface area contributed by atoms with Crippen LogP contribution in [0.5, 0.6) is 0 Å². The van der Waals surface area contributed by atoms with Crippen LogP contribution in [0.4, 0.5) is 5.69 Å². The molecule has 1 N–H and O–H groups in total. The highest BCUT2D eigenvalue weighted by atomic mass is 79.9. The maximum Gasteiger partial charge on any atom is 0.338 e. The Bertz CT molecular complexity index is 485. The van der Waals surface area contributed by atoms with E-state index in [-0.39, 0.29) is 0 Å². The first-order valence-corrected chi connectivity index (χ1v) is 7.70. The van der Waals surface area contributed by atoms with Crippen molar-refractivity contribution in [2.24, 2.45) is 5.92 Å². The molecule has 0 bridgehead atoms. The number of piperidine rings is 1. The Morgan fingerprint density at radius 1 is 1.45 bits per heavy atom. The summed E-state index contributed by atoms with van der Waals surface area (Å²) in [6.45, 7) is 3.16. The van der Waals surface area contributed by atoms with Crippen LogP contribution in [0.25, 0.3) is 0 Å². The zero-order valence-corrected chi connectivity index (χ0v) is 13.6. The Hall–Kier alpha value is -1.07. The number of benzene rings is 1. The quantitative estimate of drug-likeness (QED) is 0.915. The number of hydrogen-bond acceptors (Lipinski definition) is 3. The number of carboxylic acids is 1. The van der Waals surface area contributed by atoms with E-state index in [9.17, 15) is 9.90 Å². The largest absolute Gasteiger partial charge is 0.478 e. The molecule has 0 radical (unpaired) electrons. The van der Waals surface area contributed by atoms with Crippen molar-refractivity contribution in [3.8, 4) is 0 Å². The van der Waals surface area contributed by atoms with Crippen LogP contribution in [0.15, 0.2) is 22.7 Å². The number of anilines is 1. The van der Waals surface area contributed by atoms with E-state index < -0.39 is 5.97 Å². The molecule has 0 aliphatic carbocycles.